The normalized spacial score (nSPS) is 21.3. The van der Waals surface area contributed by atoms with Crippen molar-refractivity contribution in [1.82, 2.24) is 4.90 Å². The van der Waals surface area contributed by atoms with Crippen LogP contribution >= 0.6 is 11.6 Å². The van der Waals surface area contributed by atoms with E-state index in [-0.39, 0.29) is 5.91 Å². The summed E-state index contributed by atoms with van der Waals surface area (Å²) in [6.45, 7) is 6.59. The van der Waals surface area contributed by atoms with Crippen molar-refractivity contribution >= 4 is 17.5 Å². The molecule has 4 nitrogen and oxygen atoms in total. The molecule has 1 spiro atoms. The fraction of sp³-hybridized carbons (Fsp3) is 0.588. The molecule has 2 heterocycles. The highest BCUT2D eigenvalue weighted by atomic mass is 35.5. The van der Waals surface area contributed by atoms with E-state index in [1.807, 2.05) is 43.0 Å². The maximum Gasteiger partial charge on any atom is 0.232 e. The number of halogens is 1. The Hall–Kier alpha value is -1.10. The van der Waals surface area contributed by atoms with Gasteiger partial charge in [0.25, 0.3) is 0 Å². The van der Waals surface area contributed by atoms with Crippen molar-refractivity contribution in [3.8, 4) is 0 Å². The van der Waals surface area contributed by atoms with Gasteiger partial charge in [-0.15, -0.1) is 0 Å². The zero-order chi connectivity index (χ0) is 15.8. The van der Waals surface area contributed by atoms with Gasteiger partial charge in [0.15, 0.2) is 5.79 Å². The highest BCUT2D eigenvalue weighted by Gasteiger charge is 2.43. The lowest BCUT2D eigenvalue weighted by atomic mass is 9.82. The molecule has 3 rings (SSSR count). The van der Waals surface area contributed by atoms with Crippen molar-refractivity contribution in [2.75, 3.05) is 26.3 Å². The van der Waals surface area contributed by atoms with Crippen molar-refractivity contribution in [3.05, 3.63) is 34.9 Å². The fourth-order valence-electron chi connectivity index (χ4n) is 3.22. The third-order valence-corrected chi connectivity index (χ3v) is 4.98. The molecule has 2 aliphatic rings. The minimum Gasteiger partial charge on any atom is -0.347 e. The average molecular weight is 324 g/mol. The Morgan fingerprint density at radius 2 is 1.68 bits per heavy atom. The molecule has 0 radical (unpaired) electrons. The Labute approximate surface area is 136 Å². The van der Waals surface area contributed by atoms with Gasteiger partial charge in [-0.1, -0.05) is 23.7 Å². The summed E-state index contributed by atoms with van der Waals surface area (Å²) < 4.78 is 11.4. The second-order valence-electron chi connectivity index (χ2n) is 6.53. The van der Waals surface area contributed by atoms with Crippen LogP contribution in [0.15, 0.2) is 24.3 Å². The monoisotopic (exact) mass is 323 g/mol. The summed E-state index contributed by atoms with van der Waals surface area (Å²) in [4.78, 5) is 14.8. The summed E-state index contributed by atoms with van der Waals surface area (Å²) in [6.07, 6.45) is 1.49. The van der Waals surface area contributed by atoms with Gasteiger partial charge in [-0.3, -0.25) is 4.79 Å². The fourth-order valence-corrected chi connectivity index (χ4v) is 3.35. The number of ether oxygens (including phenoxy) is 2. The van der Waals surface area contributed by atoms with E-state index < -0.39 is 11.2 Å². The molecule has 2 fully saturated rings. The molecule has 1 aromatic carbocycles. The van der Waals surface area contributed by atoms with Crippen LogP contribution in [0.2, 0.25) is 5.02 Å². The van der Waals surface area contributed by atoms with E-state index >= 15 is 0 Å². The molecule has 22 heavy (non-hydrogen) atoms. The molecule has 0 aromatic heterocycles. The predicted molar refractivity (Wildman–Crippen MR) is 84.9 cm³/mol. The molecule has 1 amide bonds. The van der Waals surface area contributed by atoms with Gasteiger partial charge in [0.1, 0.15) is 0 Å². The first-order valence-corrected chi connectivity index (χ1v) is 8.14. The Bertz CT molecular complexity index is 540. The predicted octanol–water partition coefficient (Wildman–Crippen LogP) is 2.98. The SMILES string of the molecule is CC(C)(C(=O)N1CCC2(CC1)OCCO2)c1ccc(Cl)cc1. The molecule has 120 valence electrons. The summed E-state index contributed by atoms with van der Waals surface area (Å²) in [6, 6.07) is 7.51. The van der Waals surface area contributed by atoms with Gasteiger partial charge in [0, 0.05) is 31.0 Å². The highest BCUT2D eigenvalue weighted by Crippen LogP contribution is 2.34. The zero-order valence-electron chi connectivity index (χ0n) is 13.1. The minimum atomic E-state index is -0.563. The van der Waals surface area contributed by atoms with E-state index in [2.05, 4.69) is 0 Å². The number of carbonyl (C=O) groups is 1. The Kier molecular flexibility index (Phi) is 4.19. The van der Waals surface area contributed by atoms with Crippen LogP contribution in [-0.4, -0.2) is 42.9 Å². The van der Waals surface area contributed by atoms with Crippen LogP contribution in [0.25, 0.3) is 0 Å². The lowest BCUT2D eigenvalue weighted by Crippen LogP contribution is -2.51. The third kappa shape index (κ3) is 2.87. The molecule has 0 aliphatic carbocycles. The molecule has 2 aliphatic heterocycles. The number of carbonyl (C=O) groups excluding carboxylic acids is 1. The second kappa shape index (κ2) is 5.84. The van der Waals surface area contributed by atoms with Crippen LogP contribution in [0.5, 0.6) is 0 Å². The first kappa shape index (κ1) is 15.8. The zero-order valence-corrected chi connectivity index (χ0v) is 13.9. The van der Waals surface area contributed by atoms with E-state index in [0.717, 1.165) is 18.4 Å². The lowest BCUT2D eigenvalue weighted by Gasteiger charge is -2.40. The molecule has 0 bridgehead atoms. The van der Waals surface area contributed by atoms with Crippen LogP contribution < -0.4 is 0 Å². The van der Waals surface area contributed by atoms with Crippen LogP contribution in [0.4, 0.5) is 0 Å². The second-order valence-corrected chi connectivity index (χ2v) is 6.97. The van der Waals surface area contributed by atoms with E-state index in [4.69, 9.17) is 21.1 Å². The number of piperidine rings is 1. The van der Waals surface area contributed by atoms with Crippen molar-refractivity contribution in [1.29, 1.82) is 0 Å². The van der Waals surface area contributed by atoms with Gasteiger partial charge in [-0.2, -0.15) is 0 Å². The van der Waals surface area contributed by atoms with Gasteiger partial charge >= 0.3 is 0 Å². The van der Waals surface area contributed by atoms with Gasteiger partial charge in [0.2, 0.25) is 5.91 Å². The number of likely N-dealkylation sites (tertiary alicyclic amines) is 1. The molecule has 0 unspecified atom stereocenters. The maximum atomic E-state index is 12.9. The molecule has 0 saturated carbocycles. The maximum absolute atomic E-state index is 12.9. The first-order valence-electron chi connectivity index (χ1n) is 7.76. The van der Waals surface area contributed by atoms with Crippen molar-refractivity contribution in [3.63, 3.8) is 0 Å². The summed E-state index contributed by atoms with van der Waals surface area (Å²) in [7, 11) is 0. The Balaban J connectivity index is 1.69. The van der Waals surface area contributed by atoms with E-state index in [0.29, 0.717) is 31.3 Å². The molecular weight excluding hydrogens is 302 g/mol. The van der Waals surface area contributed by atoms with Gasteiger partial charge in [-0.05, 0) is 31.5 Å². The van der Waals surface area contributed by atoms with Gasteiger partial charge in [0.05, 0.1) is 18.6 Å². The summed E-state index contributed by atoms with van der Waals surface area (Å²) in [5.74, 6) is -0.302. The van der Waals surface area contributed by atoms with Crippen LogP contribution in [0.3, 0.4) is 0 Å². The molecule has 5 heteroatoms. The van der Waals surface area contributed by atoms with Crippen LogP contribution in [0.1, 0.15) is 32.3 Å². The summed E-state index contributed by atoms with van der Waals surface area (Å²) >= 11 is 5.94. The van der Waals surface area contributed by atoms with Crippen molar-refractivity contribution < 1.29 is 14.3 Å². The number of benzene rings is 1. The van der Waals surface area contributed by atoms with Crippen LogP contribution in [0, 0.1) is 0 Å². The molecule has 1 aromatic rings. The smallest absolute Gasteiger partial charge is 0.232 e. The topological polar surface area (TPSA) is 38.8 Å². The molecule has 2 saturated heterocycles. The number of rotatable bonds is 2. The summed E-state index contributed by atoms with van der Waals surface area (Å²) in [5, 5.41) is 0.683. The lowest BCUT2D eigenvalue weighted by molar-refractivity contribution is -0.188. The standard InChI is InChI=1S/C17H22ClNO3/c1-16(2,13-3-5-14(18)6-4-13)15(20)19-9-7-17(8-10-19)21-11-12-22-17/h3-6H,7-12H2,1-2H3. The summed E-state index contributed by atoms with van der Waals surface area (Å²) in [5.41, 5.74) is 0.419. The van der Waals surface area contributed by atoms with Crippen molar-refractivity contribution in [2.45, 2.75) is 37.9 Å². The number of amides is 1. The average Bonchev–Trinajstić information content (AvgIpc) is 2.96. The van der Waals surface area contributed by atoms with Crippen LogP contribution in [-0.2, 0) is 19.7 Å². The van der Waals surface area contributed by atoms with E-state index in [9.17, 15) is 4.79 Å². The highest BCUT2D eigenvalue weighted by molar-refractivity contribution is 6.30. The third-order valence-electron chi connectivity index (χ3n) is 4.73. The quantitative estimate of drug-likeness (QED) is 0.840. The number of hydrogen-bond donors (Lipinski definition) is 0. The molecule has 0 atom stereocenters. The number of hydrogen-bond acceptors (Lipinski definition) is 3. The molecular formula is C17H22ClNO3. The minimum absolute atomic E-state index is 0.141. The Morgan fingerprint density at radius 3 is 2.23 bits per heavy atom. The van der Waals surface area contributed by atoms with E-state index in [1.54, 1.807) is 0 Å². The molecule has 0 N–H and O–H groups in total. The van der Waals surface area contributed by atoms with Gasteiger partial charge < -0.3 is 14.4 Å². The largest absolute Gasteiger partial charge is 0.347 e. The van der Waals surface area contributed by atoms with Gasteiger partial charge in [-0.25, -0.2) is 0 Å². The number of nitrogens with zero attached hydrogens (tertiary/aromatic N) is 1. The first-order chi connectivity index (χ1) is 10.4. The Morgan fingerprint density at radius 1 is 1.14 bits per heavy atom. The van der Waals surface area contributed by atoms with Crippen molar-refractivity contribution in [2.24, 2.45) is 0 Å². The van der Waals surface area contributed by atoms with E-state index in [1.165, 1.54) is 0 Å².